The van der Waals surface area contributed by atoms with E-state index in [9.17, 15) is 47.9 Å². The van der Waals surface area contributed by atoms with Crippen LogP contribution in [0.4, 0.5) is 0 Å². The maximum Gasteiger partial charge on any atom is 0.347 e. The standard InChI is InChI=1S/C48H78N8O20/c1-37(75-43(61)7-17-55-27-23-53(24-28-55)15-5-41(59)73-35-71-39(57)3-13-51-19-9-49-10-20-51)47(65)69-33-45(63)67-31-32-68-46(64)34-70-48(66)38(2)76-44(62)8-18-56-29-25-54(26-30-56)16-6-42(60)74-36-72-40(58)4-14-52-21-11-50-12-22-52/h37-38,49-50H,3-36H2,1-2H3. The molecule has 0 bridgehead atoms. The minimum absolute atomic E-state index is 0.00116. The van der Waals surface area contributed by atoms with Gasteiger partial charge in [0, 0.05) is 144 Å². The maximum atomic E-state index is 12.4. The Hall–Kier alpha value is -5.62. The third kappa shape index (κ3) is 28.0. The van der Waals surface area contributed by atoms with Crippen LogP contribution in [0.1, 0.15) is 52.4 Å². The van der Waals surface area contributed by atoms with Crippen LogP contribution in [0.25, 0.3) is 0 Å². The summed E-state index contributed by atoms with van der Waals surface area (Å²) < 4.78 is 49.9. The summed E-state index contributed by atoms with van der Waals surface area (Å²) in [4.78, 5) is 134. The van der Waals surface area contributed by atoms with Gasteiger partial charge in [-0.25, -0.2) is 19.2 Å². The summed E-state index contributed by atoms with van der Waals surface area (Å²) in [6.45, 7) is 14.4. The topological polar surface area (TPSA) is 306 Å². The zero-order valence-electron chi connectivity index (χ0n) is 44.0. The normalized spacial score (nSPS) is 18.0. The van der Waals surface area contributed by atoms with Gasteiger partial charge in [0.05, 0.1) is 38.5 Å². The number of carbonyl (C=O) groups excluding carboxylic acids is 10. The van der Waals surface area contributed by atoms with E-state index in [4.69, 9.17) is 47.4 Å². The van der Waals surface area contributed by atoms with Gasteiger partial charge in [-0.05, 0) is 13.8 Å². The smallest absolute Gasteiger partial charge is 0.347 e. The Kier molecular flexibility index (Phi) is 30.1. The summed E-state index contributed by atoms with van der Waals surface area (Å²) in [6.07, 6.45) is -1.88. The second-order valence-electron chi connectivity index (χ2n) is 18.3. The van der Waals surface area contributed by atoms with Gasteiger partial charge in [-0.1, -0.05) is 0 Å². The van der Waals surface area contributed by atoms with Gasteiger partial charge in [-0.3, -0.25) is 28.8 Å². The molecule has 0 aromatic heterocycles. The molecule has 4 aliphatic heterocycles. The molecule has 4 fully saturated rings. The average Bonchev–Trinajstić information content (AvgIpc) is 3.42. The van der Waals surface area contributed by atoms with Gasteiger partial charge in [-0.15, -0.1) is 0 Å². The fraction of sp³-hybridized carbons (Fsp3) is 0.792. The molecule has 0 spiro atoms. The highest BCUT2D eigenvalue weighted by atomic mass is 16.7. The number of hydrogen-bond acceptors (Lipinski definition) is 28. The molecule has 0 radical (unpaired) electrons. The van der Waals surface area contributed by atoms with E-state index < -0.39 is 112 Å². The van der Waals surface area contributed by atoms with E-state index in [1.54, 1.807) is 0 Å². The quantitative estimate of drug-likeness (QED) is 0.0279. The number of nitrogens with one attached hydrogen (secondary N) is 2. The summed E-state index contributed by atoms with van der Waals surface area (Å²) >= 11 is 0. The number of piperazine rings is 4. The lowest BCUT2D eigenvalue weighted by molar-refractivity contribution is -0.173. The molecular formula is C48H78N8O20. The second kappa shape index (κ2) is 36.4. The van der Waals surface area contributed by atoms with Gasteiger partial charge in [0.1, 0.15) is 13.2 Å². The molecule has 0 aromatic carbocycles. The molecule has 4 saturated heterocycles. The van der Waals surface area contributed by atoms with Crippen LogP contribution in [0.2, 0.25) is 0 Å². The molecule has 76 heavy (non-hydrogen) atoms. The van der Waals surface area contributed by atoms with E-state index in [0.717, 1.165) is 52.4 Å². The summed E-state index contributed by atoms with van der Waals surface area (Å²) in [7, 11) is 0. The number of hydrogen-bond donors (Lipinski definition) is 2. The molecule has 0 aromatic rings. The minimum atomic E-state index is -1.30. The molecule has 4 heterocycles. The summed E-state index contributed by atoms with van der Waals surface area (Å²) in [5.41, 5.74) is 0. The molecular weight excluding hydrogens is 1010 g/mol. The number of ether oxygens (including phenoxy) is 10. The summed E-state index contributed by atoms with van der Waals surface area (Å²) in [6, 6.07) is 0. The van der Waals surface area contributed by atoms with Crippen molar-refractivity contribution < 1.29 is 95.3 Å². The van der Waals surface area contributed by atoms with Crippen molar-refractivity contribution in [1.29, 1.82) is 0 Å². The average molecular weight is 1090 g/mol. The summed E-state index contributed by atoms with van der Waals surface area (Å²) in [5, 5.41) is 6.49. The van der Waals surface area contributed by atoms with Crippen LogP contribution in [0.3, 0.4) is 0 Å². The van der Waals surface area contributed by atoms with Crippen LogP contribution in [0, 0.1) is 0 Å². The van der Waals surface area contributed by atoms with Crippen molar-refractivity contribution in [2.45, 2.75) is 64.6 Å². The Labute approximate surface area is 442 Å². The van der Waals surface area contributed by atoms with Crippen molar-refractivity contribution in [2.75, 3.05) is 184 Å². The first-order chi connectivity index (χ1) is 36.6. The van der Waals surface area contributed by atoms with Crippen molar-refractivity contribution in [1.82, 2.24) is 40.0 Å². The Morgan fingerprint density at radius 1 is 0.329 bits per heavy atom. The fourth-order valence-electron chi connectivity index (χ4n) is 7.95. The minimum Gasteiger partial charge on any atom is -0.460 e. The van der Waals surface area contributed by atoms with Crippen LogP contribution in [-0.4, -0.2) is 285 Å². The molecule has 0 aliphatic carbocycles. The first-order valence-electron chi connectivity index (χ1n) is 26.0. The van der Waals surface area contributed by atoms with Gasteiger partial charge >= 0.3 is 59.7 Å². The fourth-order valence-corrected chi connectivity index (χ4v) is 7.95. The predicted octanol–water partition coefficient (Wildman–Crippen LogP) is -3.50. The van der Waals surface area contributed by atoms with E-state index in [2.05, 4.69) is 30.2 Å². The molecule has 2 unspecified atom stereocenters. The molecule has 0 amide bonds. The van der Waals surface area contributed by atoms with Gasteiger partial charge in [-0.2, -0.15) is 0 Å². The van der Waals surface area contributed by atoms with Gasteiger partial charge in [0.2, 0.25) is 13.6 Å². The Morgan fingerprint density at radius 2 is 0.579 bits per heavy atom. The molecule has 4 rings (SSSR count). The lowest BCUT2D eigenvalue weighted by atomic mass is 10.2. The van der Waals surface area contributed by atoms with Crippen molar-refractivity contribution in [3.8, 4) is 0 Å². The largest absolute Gasteiger partial charge is 0.460 e. The SMILES string of the molecule is CC(OC(=O)CCN1CCN(CCC(=O)OCOC(=O)CCN2CCNCC2)CC1)C(=O)OCC(=O)OCCOC(=O)COC(=O)C(C)OC(=O)CCN1CCN(CCC(=O)OCOC(=O)CCN2CCNCC2)CC1. The van der Waals surface area contributed by atoms with Crippen LogP contribution >= 0.6 is 0 Å². The third-order valence-electron chi connectivity index (χ3n) is 12.6. The van der Waals surface area contributed by atoms with Crippen molar-refractivity contribution in [3.05, 3.63) is 0 Å². The van der Waals surface area contributed by atoms with Crippen molar-refractivity contribution in [2.24, 2.45) is 0 Å². The molecule has 0 saturated carbocycles. The molecule has 4 aliphatic rings. The Balaban J connectivity index is 0.913. The number of carbonyl (C=O) groups is 10. The van der Waals surface area contributed by atoms with Gasteiger partial charge < -0.3 is 87.4 Å². The molecule has 28 heteroatoms. The predicted molar refractivity (Wildman–Crippen MR) is 261 cm³/mol. The van der Waals surface area contributed by atoms with Crippen LogP contribution in [-0.2, 0) is 95.3 Å². The van der Waals surface area contributed by atoms with E-state index in [-0.39, 0.29) is 38.5 Å². The molecule has 28 nitrogen and oxygen atoms in total. The Morgan fingerprint density at radius 3 is 0.855 bits per heavy atom. The van der Waals surface area contributed by atoms with Crippen molar-refractivity contribution in [3.63, 3.8) is 0 Å². The van der Waals surface area contributed by atoms with E-state index in [0.29, 0.717) is 91.6 Å². The molecule has 430 valence electrons. The number of rotatable bonds is 33. The maximum absolute atomic E-state index is 12.4. The first-order valence-corrected chi connectivity index (χ1v) is 26.0. The zero-order valence-corrected chi connectivity index (χ0v) is 44.0. The lowest BCUT2D eigenvalue weighted by Gasteiger charge is -2.34. The van der Waals surface area contributed by atoms with Gasteiger partial charge in [0.15, 0.2) is 25.4 Å². The van der Waals surface area contributed by atoms with Crippen LogP contribution < -0.4 is 10.6 Å². The van der Waals surface area contributed by atoms with Crippen LogP contribution in [0.15, 0.2) is 0 Å². The lowest BCUT2D eigenvalue weighted by Crippen LogP contribution is -2.47. The second-order valence-corrected chi connectivity index (χ2v) is 18.3. The first kappa shape index (κ1) is 62.9. The third-order valence-corrected chi connectivity index (χ3v) is 12.6. The van der Waals surface area contributed by atoms with Crippen molar-refractivity contribution >= 4 is 59.7 Å². The van der Waals surface area contributed by atoms with E-state index in [1.807, 2.05) is 9.80 Å². The number of esters is 10. The van der Waals surface area contributed by atoms with Gasteiger partial charge in [0.25, 0.3) is 0 Å². The van der Waals surface area contributed by atoms with Crippen LogP contribution in [0.5, 0.6) is 0 Å². The highest BCUT2D eigenvalue weighted by molar-refractivity contribution is 5.82. The van der Waals surface area contributed by atoms with E-state index >= 15 is 0 Å². The Bertz CT molecular complexity index is 1720. The zero-order chi connectivity index (χ0) is 54.9. The number of nitrogens with zero attached hydrogens (tertiary/aromatic N) is 6. The monoisotopic (exact) mass is 1090 g/mol. The highest BCUT2D eigenvalue weighted by Gasteiger charge is 2.26. The molecule has 2 atom stereocenters. The summed E-state index contributed by atoms with van der Waals surface area (Å²) in [5.74, 6) is -6.95. The van der Waals surface area contributed by atoms with E-state index in [1.165, 1.54) is 13.8 Å². The molecule has 2 N–H and O–H groups in total. The highest BCUT2D eigenvalue weighted by Crippen LogP contribution is 2.09.